The van der Waals surface area contributed by atoms with E-state index in [1.807, 2.05) is 17.0 Å². The number of rotatable bonds is 2. The second-order valence-corrected chi connectivity index (χ2v) is 7.77. The predicted octanol–water partition coefficient (Wildman–Crippen LogP) is 1.97. The van der Waals surface area contributed by atoms with Gasteiger partial charge in [-0.2, -0.15) is 5.10 Å². The summed E-state index contributed by atoms with van der Waals surface area (Å²) in [5.74, 6) is 1.29. The monoisotopic (exact) mass is 408 g/mol. The molecule has 0 radical (unpaired) electrons. The van der Waals surface area contributed by atoms with Crippen LogP contribution in [0.5, 0.6) is 5.75 Å². The van der Waals surface area contributed by atoms with Crippen LogP contribution in [-0.2, 0) is 7.05 Å². The van der Waals surface area contributed by atoms with Gasteiger partial charge in [0.05, 0.1) is 12.2 Å². The van der Waals surface area contributed by atoms with Crippen molar-refractivity contribution in [1.29, 1.82) is 0 Å². The van der Waals surface area contributed by atoms with Crippen molar-refractivity contribution in [3.63, 3.8) is 0 Å². The molecule has 9 nitrogen and oxygen atoms in total. The van der Waals surface area contributed by atoms with E-state index in [9.17, 15) is 9.59 Å². The third-order valence-electron chi connectivity index (χ3n) is 5.73. The third kappa shape index (κ3) is 3.20. The maximum atomic E-state index is 12.9. The number of anilines is 2. The molecular formula is C21H24N6O3. The number of amides is 1. The summed E-state index contributed by atoms with van der Waals surface area (Å²) in [7, 11) is 1.63. The average Bonchev–Trinajstić information content (AvgIpc) is 2.94. The first-order valence-electron chi connectivity index (χ1n) is 10.4. The molecule has 156 valence electrons. The largest absolute Gasteiger partial charge is 0.490 e. The Morgan fingerprint density at radius 2 is 1.93 bits per heavy atom. The molecule has 5 rings (SSSR count). The number of nitrogens with zero attached hydrogens (tertiary/aromatic N) is 6. The molecular weight excluding hydrogens is 384 g/mol. The Bertz CT molecular complexity index is 1160. The van der Waals surface area contributed by atoms with Crippen molar-refractivity contribution >= 4 is 23.1 Å². The molecule has 3 aromatic rings. The Morgan fingerprint density at radius 1 is 1.10 bits per heavy atom. The van der Waals surface area contributed by atoms with Crippen molar-refractivity contribution < 1.29 is 9.53 Å². The Hall–Kier alpha value is -3.36. The minimum Gasteiger partial charge on any atom is -0.490 e. The van der Waals surface area contributed by atoms with Gasteiger partial charge < -0.3 is 14.5 Å². The quantitative estimate of drug-likeness (QED) is 0.645. The lowest BCUT2D eigenvalue weighted by Gasteiger charge is -2.27. The van der Waals surface area contributed by atoms with Crippen LogP contribution in [0.4, 0.5) is 11.5 Å². The van der Waals surface area contributed by atoms with E-state index in [2.05, 4.69) is 15.0 Å². The van der Waals surface area contributed by atoms with Crippen LogP contribution in [0.3, 0.4) is 0 Å². The van der Waals surface area contributed by atoms with Gasteiger partial charge in [0.15, 0.2) is 17.2 Å². The maximum absolute atomic E-state index is 12.9. The molecule has 0 atom stereocenters. The highest BCUT2D eigenvalue weighted by Crippen LogP contribution is 2.35. The molecule has 0 aromatic carbocycles. The number of pyridine rings is 2. The van der Waals surface area contributed by atoms with Gasteiger partial charge >= 0.3 is 5.69 Å². The van der Waals surface area contributed by atoms with Crippen LogP contribution in [0.2, 0.25) is 0 Å². The number of likely N-dealkylation sites (tertiary alicyclic amines) is 1. The highest BCUT2D eigenvalue weighted by atomic mass is 16.5. The summed E-state index contributed by atoms with van der Waals surface area (Å²) in [5.41, 5.74) is 1.82. The lowest BCUT2D eigenvalue weighted by molar-refractivity contribution is 0.0723. The smallest absolute Gasteiger partial charge is 0.350 e. The summed E-state index contributed by atoms with van der Waals surface area (Å²) < 4.78 is 8.76. The van der Waals surface area contributed by atoms with E-state index in [0.717, 1.165) is 38.0 Å². The first-order valence-corrected chi connectivity index (χ1v) is 10.4. The van der Waals surface area contributed by atoms with E-state index in [1.165, 1.54) is 15.5 Å². The highest BCUT2D eigenvalue weighted by Gasteiger charge is 2.24. The number of carbonyl (C=O) groups excluding carboxylic acids is 1. The van der Waals surface area contributed by atoms with Crippen molar-refractivity contribution in [2.75, 3.05) is 31.1 Å². The Kier molecular flexibility index (Phi) is 4.65. The van der Waals surface area contributed by atoms with Gasteiger partial charge in [0.25, 0.3) is 5.91 Å². The summed E-state index contributed by atoms with van der Waals surface area (Å²) in [6.45, 7) is 2.86. The Balaban J connectivity index is 1.50. The van der Waals surface area contributed by atoms with E-state index >= 15 is 0 Å². The number of aromatic nitrogens is 4. The van der Waals surface area contributed by atoms with Crippen molar-refractivity contribution in [3.8, 4) is 5.75 Å². The zero-order valence-corrected chi connectivity index (χ0v) is 17.0. The van der Waals surface area contributed by atoms with Gasteiger partial charge in [0, 0.05) is 50.8 Å². The van der Waals surface area contributed by atoms with Crippen LogP contribution in [0.25, 0.3) is 5.65 Å². The molecule has 5 heterocycles. The van der Waals surface area contributed by atoms with E-state index in [4.69, 9.17) is 4.74 Å². The predicted molar refractivity (Wildman–Crippen MR) is 112 cm³/mol. The fourth-order valence-electron chi connectivity index (χ4n) is 4.14. The van der Waals surface area contributed by atoms with Crippen molar-refractivity contribution in [2.24, 2.45) is 7.05 Å². The molecule has 1 amide bonds. The van der Waals surface area contributed by atoms with Crippen molar-refractivity contribution in [2.45, 2.75) is 25.7 Å². The van der Waals surface area contributed by atoms with Crippen LogP contribution >= 0.6 is 0 Å². The van der Waals surface area contributed by atoms with Gasteiger partial charge in [-0.1, -0.05) is 0 Å². The van der Waals surface area contributed by atoms with Gasteiger partial charge in [-0.05, 0) is 37.8 Å². The van der Waals surface area contributed by atoms with Crippen molar-refractivity contribution in [1.82, 2.24) is 24.1 Å². The van der Waals surface area contributed by atoms with Crippen LogP contribution in [0, 0.1) is 0 Å². The minimum atomic E-state index is -0.185. The number of piperidine rings is 1. The molecule has 1 saturated heterocycles. The molecule has 3 aromatic heterocycles. The topological polar surface area (TPSA) is 85.0 Å². The first kappa shape index (κ1) is 18.7. The van der Waals surface area contributed by atoms with Gasteiger partial charge in [0.1, 0.15) is 0 Å². The standard InChI is InChI=1S/C21H24N6O3/c1-24-21(29)27-10-6-16(13-18(27)23-24)26-9-5-11-30-17-12-15(14-22-19(17)26)20(28)25-7-3-2-4-8-25/h6,10,12-14H,2-5,7-9,11H2,1H3. The molecule has 0 N–H and O–H groups in total. The molecule has 0 unspecified atom stereocenters. The number of hydrogen-bond acceptors (Lipinski definition) is 6. The summed E-state index contributed by atoms with van der Waals surface area (Å²) in [4.78, 5) is 33.5. The lowest BCUT2D eigenvalue weighted by Crippen LogP contribution is -2.35. The fraction of sp³-hybridized carbons (Fsp3) is 0.429. The SMILES string of the molecule is Cn1nc2cc(N3CCCOc4cc(C(=O)N5CCCCC5)cnc43)ccn2c1=O. The van der Waals surface area contributed by atoms with E-state index < -0.39 is 0 Å². The molecule has 1 fully saturated rings. The second kappa shape index (κ2) is 7.47. The first-order chi connectivity index (χ1) is 14.6. The summed E-state index contributed by atoms with van der Waals surface area (Å²) in [6.07, 6.45) is 7.45. The van der Waals surface area contributed by atoms with Crippen LogP contribution in [0.1, 0.15) is 36.0 Å². The molecule has 2 aliphatic heterocycles. The van der Waals surface area contributed by atoms with Gasteiger partial charge in [0.2, 0.25) is 0 Å². The maximum Gasteiger partial charge on any atom is 0.350 e. The highest BCUT2D eigenvalue weighted by molar-refractivity contribution is 5.95. The van der Waals surface area contributed by atoms with Crippen molar-refractivity contribution in [3.05, 3.63) is 46.6 Å². The molecule has 9 heteroatoms. The zero-order chi connectivity index (χ0) is 20.7. The zero-order valence-electron chi connectivity index (χ0n) is 17.0. The molecule has 0 saturated carbocycles. The Morgan fingerprint density at radius 3 is 2.77 bits per heavy atom. The van der Waals surface area contributed by atoms with Crippen LogP contribution in [0.15, 0.2) is 35.4 Å². The lowest BCUT2D eigenvalue weighted by atomic mass is 10.1. The van der Waals surface area contributed by atoms with Gasteiger partial charge in [-0.15, -0.1) is 0 Å². The summed E-state index contributed by atoms with van der Waals surface area (Å²) in [6, 6.07) is 5.55. The number of carbonyl (C=O) groups is 1. The Labute approximate surface area is 173 Å². The average molecular weight is 408 g/mol. The van der Waals surface area contributed by atoms with E-state index in [1.54, 1.807) is 25.5 Å². The van der Waals surface area contributed by atoms with E-state index in [0.29, 0.717) is 35.9 Å². The summed E-state index contributed by atoms with van der Waals surface area (Å²) in [5, 5.41) is 4.28. The minimum absolute atomic E-state index is 0.0127. The molecule has 0 aliphatic carbocycles. The normalized spacial score (nSPS) is 16.8. The molecule has 2 aliphatic rings. The van der Waals surface area contributed by atoms with Gasteiger partial charge in [-0.3, -0.25) is 9.20 Å². The number of fused-ring (bicyclic) bond motifs is 2. The number of hydrogen-bond donors (Lipinski definition) is 0. The second-order valence-electron chi connectivity index (χ2n) is 7.77. The molecule has 30 heavy (non-hydrogen) atoms. The van der Waals surface area contributed by atoms with Gasteiger partial charge in [-0.25, -0.2) is 14.5 Å². The number of ether oxygens (including phenoxy) is 1. The van der Waals surface area contributed by atoms with E-state index in [-0.39, 0.29) is 11.6 Å². The number of aryl methyl sites for hydroxylation is 1. The van der Waals surface area contributed by atoms with Crippen LogP contribution < -0.4 is 15.3 Å². The fourth-order valence-corrected chi connectivity index (χ4v) is 4.14. The molecule has 0 spiro atoms. The molecule has 0 bridgehead atoms. The summed E-state index contributed by atoms with van der Waals surface area (Å²) >= 11 is 0. The third-order valence-corrected chi connectivity index (χ3v) is 5.73. The van der Waals surface area contributed by atoms with Crippen LogP contribution in [-0.4, -0.2) is 56.2 Å².